The molecule has 0 saturated heterocycles. The Labute approximate surface area is 197 Å². The minimum Gasteiger partial charge on any atom is -0.342 e. The molecule has 172 valence electrons. The zero-order valence-corrected chi connectivity index (χ0v) is 19.9. The van der Waals surface area contributed by atoms with Gasteiger partial charge in [0.2, 0.25) is 0 Å². The van der Waals surface area contributed by atoms with Crippen molar-refractivity contribution in [2.45, 2.75) is 32.7 Å². The van der Waals surface area contributed by atoms with Crippen LogP contribution in [0.15, 0.2) is 42.5 Å². The Morgan fingerprint density at radius 3 is 2.58 bits per heavy atom. The monoisotopic (exact) mass is 464 g/mol. The standard InChI is InChI=1S/C25H28N4O3S/c1-15(2)10-12-29-24(31)17-9-8-16(14-18(17)25(29)32)23(30)28-21(11-13-33-3)22-26-19-6-4-5-7-20(19)27-22/h4-9,14-15,21H,10-13H2,1-3H3,(H,26,27)(H,28,30)/t21-/m0/s1. The summed E-state index contributed by atoms with van der Waals surface area (Å²) in [6.45, 7) is 4.49. The van der Waals surface area contributed by atoms with Crippen molar-refractivity contribution < 1.29 is 14.4 Å². The molecule has 1 atom stereocenters. The first-order valence-electron chi connectivity index (χ1n) is 11.1. The minimum atomic E-state index is -0.332. The highest BCUT2D eigenvalue weighted by molar-refractivity contribution is 7.98. The highest BCUT2D eigenvalue weighted by Crippen LogP contribution is 2.26. The van der Waals surface area contributed by atoms with Crippen molar-refractivity contribution in [3.8, 4) is 0 Å². The Hall–Kier alpha value is -3.13. The van der Waals surface area contributed by atoms with Crippen molar-refractivity contribution in [1.29, 1.82) is 0 Å². The average molecular weight is 465 g/mol. The topological polar surface area (TPSA) is 95.2 Å². The van der Waals surface area contributed by atoms with Crippen LogP contribution in [0.5, 0.6) is 0 Å². The predicted molar refractivity (Wildman–Crippen MR) is 131 cm³/mol. The Bertz CT molecular complexity index is 1170. The molecule has 0 bridgehead atoms. The Morgan fingerprint density at radius 1 is 1.09 bits per heavy atom. The lowest BCUT2D eigenvalue weighted by atomic mass is 10.0. The van der Waals surface area contributed by atoms with Crippen LogP contribution in [0.3, 0.4) is 0 Å². The summed E-state index contributed by atoms with van der Waals surface area (Å²) in [5.74, 6) is 1.01. The van der Waals surface area contributed by atoms with Gasteiger partial charge in [0.15, 0.2) is 0 Å². The molecular weight excluding hydrogens is 436 g/mol. The van der Waals surface area contributed by atoms with Gasteiger partial charge >= 0.3 is 0 Å². The number of imidazole rings is 1. The Kier molecular flexibility index (Phi) is 6.83. The highest BCUT2D eigenvalue weighted by Gasteiger charge is 2.35. The van der Waals surface area contributed by atoms with Crippen LogP contribution >= 0.6 is 11.8 Å². The zero-order chi connectivity index (χ0) is 23.5. The largest absolute Gasteiger partial charge is 0.342 e. The number of aromatic nitrogens is 2. The third kappa shape index (κ3) is 4.80. The fraction of sp³-hybridized carbons (Fsp3) is 0.360. The normalized spacial score (nSPS) is 14.2. The van der Waals surface area contributed by atoms with Crippen molar-refractivity contribution in [3.63, 3.8) is 0 Å². The number of rotatable bonds is 9. The van der Waals surface area contributed by atoms with E-state index in [9.17, 15) is 14.4 Å². The molecular formula is C25H28N4O3S. The molecule has 1 aromatic heterocycles. The molecule has 33 heavy (non-hydrogen) atoms. The number of nitrogens with zero attached hydrogens (tertiary/aromatic N) is 2. The number of fused-ring (bicyclic) bond motifs is 2. The van der Waals surface area contributed by atoms with Crippen LogP contribution in [0, 0.1) is 5.92 Å². The van der Waals surface area contributed by atoms with Gasteiger partial charge in [-0.15, -0.1) is 0 Å². The van der Waals surface area contributed by atoms with Gasteiger partial charge in [0.05, 0.1) is 28.2 Å². The van der Waals surface area contributed by atoms with Gasteiger partial charge in [-0.2, -0.15) is 11.8 Å². The van der Waals surface area contributed by atoms with Crippen LogP contribution < -0.4 is 5.32 Å². The Morgan fingerprint density at radius 2 is 1.85 bits per heavy atom. The fourth-order valence-corrected chi connectivity index (χ4v) is 4.39. The van der Waals surface area contributed by atoms with E-state index < -0.39 is 0 Å². The summed E-state index contributed by atoms with van der Waals surface area (Å²) in [7, 11) is 0. The molecule has 0 radical (unpaired) electrons. The first kappa shape index (κ1) is 23.0. The van der Waals surface area contributed by atoms with E-state index in [1.54, 1.807) is 23.9 Å². The lowest BCUT2D eigenvalue weighted by molar-refractivity contribution is 0.0647. The van der Waals surface area contributed by atoms with E-state index >= 15 is 0 Å². The van der Waals surface area contributed by atoms with Crippen LogP contribution in [0.2, 0.25) is 0 Å². The van der Waals surface area contributed by atoms with Crippen LogP contribution in [-0.4, -0.2) is 51.1 Å². The quantitative estimate of drug-likeness (QED) is 0.457. The van der Waals surface area contributed by atoms with Gasteiger partial charge in [-0.05, 0) is 61.1 Å². The van der Waals surface area contributed by atoms with E-state index in [0.29, 0.717) is 41.4 Å². The van der Waals surface area contributed by atoms with Crippen molar-refractivity contribution in [3.05, 3.63) is 65.0 Å². The van der Waals surface area contributed by atoms with Gasteiger partial charge in [0, 0.05) is 12.1 Å². The van der Waals surface area contributed by atoms with Crippen LogP contribution in [0.25, 0.3) is 11.0 Å². The zero-order valence-electron chi connectivity index (χ0n) is 19.1. The van der Waals surface area contributed by atoms with E-state index in [4.69, 9.17) is 0 Å². The summed E-state index contributed by atoms with van der Waals surface area (Å²) in [6, 6.07) is 12.2. The fourth-order valence-electron chi connectivity index (χ4n) is 3.91. The van der Waals surface area contributed by atoms with E-state index in [2.05, 4.69) is 29.1 Å². The summed E-state index contributed by atoms with van der Waals surface area (Å²) >= 11 is 1.70. The van der Waals surface area contributed by atoms with Gasteiger partial charge in [-0.25, -0.2) is 4.98 Å². The number of aromatic amines is 1. The van der Waals surface area contributed by atoms with Crippen molar-refractivity contribution in [1.82, 2.24) is 20.2 Å². The van der Waals surface area contributed by atoms with E-state index in [1.807, 2.05) is 30.5 Å². The highest BCUT2D eigenvalue weighted by atomic mass is 32.2. The van der Waals surface area contributed by atoms with Crippen LogP contribution in [-0.2, 0) is 0 Å². The first-order chi connectivity index (χ1) is 15.9. The molecule has 8 heteroatoms. The van der Waals surface area contributed by atoms with Gasteiger partial charge in [-0.3, -0.25) is 19.3 Å². The SMILES string of the molecule is CSCC[C@H](NC(=O)c1ccc2c(c1)C(=O)N(CCC(C)C)C2=O)c1nc2ccccc2[nH]1. The van der Waals surface area contributed by atoms with E-state index in [1.165, 1.54) is 11.0 Å². The van der Waals surface area contributed by atoms with Gasteiger partial charge in [-0.1, -0.05) is 26.0 Å². The van der Waals surface area contributed by atoms with Crippen LogP contribution in [0.1, 0.15) is 69.6 Å². The minimum absolute atomic E-state index is 0.289. The summed E-state index contributed by atoms with van der Waals surface area (Å²) < 4.78 is 0. The number of imide groups is 1. The number of benzene rings is 2. The molecule has 2 heterocycles. The third-order valence-electron chi connectivity index (χ3n) is 5.82. The van der Waals surface area contributed by atoms with E-state index in [-0.39, 0.29) is 23.8 Å². The molecule has 2 N–H and O–H groups in total. The molecule has 3 aromatic rings. The number of hydrogen-bond donors (Lipinski definition) is 2. The van der Waals surface area contributed by atoms with Gasteiger partial charge < -0.3 is 10.3 Å². The molecule has 0 saturated carbocycles. The molecule has 0 fully saturated rings. The number of carbonyl (C=O) groups excluding carboxylic acids is 3. The number of thioether (sulfide) groups is 1. The number of H-pyrrole nitrogens is 1. The lowest BCUT2D eigenvalue weighted by Gasteiger charge is -2.16. The second kappa shape index (κ2) is 9.79. The molecule has 7 nitrogen and oxygen atoms in total. The third-order valence-corrected chi connectivity index (χ3v) is 6.46. The Balaban J connectivity index is 1.55. The van der Waals surface area contributed by atoms with E-state index in [0.717, 1.165) is 23.2 Å². The number of carbonyl (C=O) groups is 3. The smallest absolute Gasteiger partial charge is 0.261 e. The lowest BCUT2D eigenvalue weighted by Crippen LogP contribution is -2.31. The molecule has 2 aromatic carbocycles. The number of nitrogens with one attached hydrogen (secondary N) is 2. The van der Waals surface area contributed by atoms with Crippen molar-refractivity contribution in [2.75, 3.05) is 18.6 Å². The second-order valence-electron chi connectivity index (χ2n) is 8.65. The predicted octanol–water partition coefficient (Wildman–Crippen LogP) is 4.43. The second-order valence-corrected chi connectivity index (χ2v) is 9.64. The summed E-state index contributed by atoms with van der Waals surface area (Å²) in [5, 5.41) is 3.06. The molecule has 4 rings (SSSR count). The molecule has 0 aliphatic carbocycles. The average Bonchev–Trinajstić information content (AvgIpc) is 3.34. The maximum Gasteiger partial charge on any atom is 0.261 e. The molecule has 3 amide bonds. The first-order valence-corrected chi connectivity index (χ1v) is 12.5. The maximum atomic E-state index is 13.1. The molecule has 1 aliphatic rings. The molecule has 1 aliphatic heterocycles. The molecule has 0 unspecified atom stereocenters. The summed E-state index contributed by atoms with van der Waals surface area (Å²) in [4.78, 5) is 47.8. The van der Waals surface area contributed by atoms with Gasteiger partial charge in [0.25, 0.3) is 17.7 Å². The summed E-state index contributed by atoms with van der Waals surface area (Å²) in [5.41, 5.74) is 2.77. The van der Waals surface area contributed by atoms with Crippen molar-refractivity contribution >= 4 is 40.5 Å². The summed E-state index contributed by atoms with van der Waals surface area (Å²) in [6.07, 6.45) is 3.47. The van der Waals surface area contributed by atoms with Crippen molar-refractivity contribution in [2.24, 2.45) is 5.92 Å². The maximum absolute atomic E-state index is 13.1. The molecule has 0 spiro atoms. The van der Waals surface area contributed by atoms with Crippen LogP contribution in [0.4, 0.5) is 0 Å². The number of hydrogen-bond acceptors (Lipinski definition) is 5. The number of para-hydroxylation sites is 2. The van der Waals surface area contributed by atoms with Gasteiger partial charge in [0.1, 0.15) is 5.82 Å². The number of amides is 3.